The second-order valence-corrected chi connectivity index (χ2v) is 10.3. The van der Waals surface area contributed by atoms with Crippen LogP contribution in [-0.4, -0.2) is 30.4 Å². The predicted octanol–water partition coefficient (Wildman–Crippen LogP) is 5.49. The minimum Gasteiger partial charge on any atom is -0.506 e. The van der Waals surface area contributed by atoms with Gasteiger partial charge in [-0.3, -0.25) is 4.79 Å². The summed E-state index contributed by atoms with van der Waals surface area (Å²) < 4.78 is 37.2. The lowest BCUT2D eigenvalue weighted by Gasteiger charge is -2.21. The van der Waals surface area contributed by atoms with Crippen molar-refractivity contribution in [2.45, 2.75) is 57.8 Å². The van der Waals surface area contributed by atoms with Crippen LogP contribution >= 0.6 is 0 Å². The highest BCUT2D eigenvalue weighted by Crippen LogP contribution is 2.39. The number of aromatic carboxylic acids is 1. The molecule has 0 aliphatic carbocycles. The van der Waals surface area contributed by atoms with E-state index in [1.165, 1.54) is 6.26 Å². The fourth-order valence-electron chi connectivity index (χ4n) is 3.75. The van der Waals surface area contributed by atoms with Crippen molar-refractivity contribution in [2.24, 2.45) is 0 Å². The van der Waals surface area contributed by atoms with Gasteiger partial charge in [-0.2, -0.15) is 8.42 Å². The largest absolute Gasteiger partial charge is 0.506 e. The molecule has 0 bridgehead atoms. The van der Waals surface area contributed by atoms with Crippen LogP contribution in [0.1, 0.15) is 89.6 Å². The van der Waals surface area contributed by atoms with E-state index in [0.717, 1.165) is 18.2 Å². The first-order valence-electron chi connectivity index (χ1n) is 11.2. The van der Waals surface area contributed by atoms with Gasteiger partial charge >= 0.3 is 16.1 Å². The van der Waals surface area contributed by atoms with Crippen molar-refractivity contribution in [2.75, 3.05) is 0 Å². The number of furan rings is 1. The Balaban J connectivity index is 2.14. The molecule has 2 N–H and O–H groups in total. The number of benzene rings is 2. The summed E-state index contributed by atoms with van der Waals surface area (Å²) in [5.41, 5.74) is 1.58. The summed E-state index contributed by atoms with van der Waals surface area (Å²) >= 11 is 0. The van der Waals surface area contributed by atoms with Crippen LogP contribution in [0.3, 0.4) is 0 Å². The SMILES string of the molecule is CCc1occc1C(=O)c1cc(C(C)C)c(OS(=O)(=O)c2ccc(C(=O)O)cc2O)c(C(C)C)c1. The number of hydrogen-bond donors (Lipinski definition) is 2. The van der Waals surface area contributed by atoms with E-state index in [2.05, 4.69) is 0 Å². The van der Waals surface area contributed by atoms with Crippen molar-refractivity contribution in [1.82, 2.24) is 0 Å². The third-order valence-corrected chi connectivity index (χ3v) is 6.90. The maximum atomic E-state index is 13.3. The zero-order valence-corrected chi connectivity index (χ0v) is 21.0. The molecule has 0 spiro atoms. The third kappa shape index (κ3) is 5.24. The molecule has 35 heavy (non-hydrogen) atoms. The first-order valence-corrected chi connectivity index (χ1v) is 12.6. The van der Waals surface area contributed by atoms with Crippen LogP contribution in [0.25, 0.3) is 0 Å². The van der Waals surface area contributed by atoms with Gasteiger partial charge in [0.25, 0.3) is 0 Å². The van der Waals surface area contributed by atoms with Gasteiger partial charge in [0, 0.05) is 12.0 Å². The van der Waals surface area contributed by atoms with Crippen molar-refractivity contribution in [1.29, 1.82) is 0 Å². The van der Waals surface area contributed by atoms with Crippen LogP contribution in [-0.2, 0) is 16.5 Å². The molecule has 2 aromatic carbocycles. The topological polar surface area (TPSA) is 131 Å². The second-order valence-electron chi connectivity index (χ2n) is 8.76. The van der Waals surface area contributed by atoms with Crippen LogP contribution in [0.2, 0.25) is 0 Å². The number of phenols is 1. The van der Waals surface area contributed by atoms with Crippen molar-refractivity contribution < 1.29 is 36.8 Å². The number of rotatable bonds is 9. The summed E-state index contributed by atoms with van der Waals surface area (Å²) in [7, 11) is -4.53. The number of phenolic OH excluding ortho intramolecular Hbond substituents is 1. The second kappa shape index (κ2) is 9.95. The maximum Gasteiger partial charge on any atom is 0.342 e. The van der Waals surface area contributed by atoms with Gasteiger partial charge in [0.1, 0.15) is 22.2 Å². The summed E-state index contributed by atoms with van der Waals surface area (Å²) in [6, 6.07) is 7.75. The number of carbonyl (C=O) groups is 2. The lowest BCUT2D eigenvalue weighted by Crippen LogP contribution is -2.15. The van der Waals surface area contributed by atoms with E-state index in [1.54, 1.807) is 18.2 Å². The average molecular weight is 501 g/mol. The molecule has 3 rings (SSSR count). The van der Waals surface area contributed by atoms with E-state index in [9.17, 15) is 23.1 Å². The van der Waals surface area contributed by atoms with Crippen LogP contribution < -0.4 is 4.18 Å². The highest BCUT2D eigenvalue weighted by atomic mass is 32.2. The fraction of sp³-hybridized carbons (Fsp3) is 0.308. The zero-order chi connectivity index (χ0) is 26.1. The lowest BCUT2D eigenvalue weighted by molar-refractivity contribution is 0.0696. The molecule has 1 heterocycles. The molecular weight excluding hydrogens is 472 g/mol. The van der Waals surface area contributed by atoms with Crippen molar-refractivity contribution in [3.05, 3.63) is 76.2 Å². The normalized spacial score (nSPS) is 11.7. The standard InChI is InChI=1S/C26H28O8S/c1-6-22-18(9-10-33-22)24(28)17-11-19(14(2)3)25(20(12-17)15(4)5)34-35(31,32)23-8-7-16(26(29)30)13-21(23)27/h7-15,27H,6H2,1-5H3,(H,29,30). The molecule has 0 fully saturated rings. The number of aryl methyl sites for hydroxylation is 1. The highest BCUT2D eigenvalue weighted by Gasteiger charge is 2.28. The van der Waals surface area contributed by atoms with Gasteiger partial charge in [-0.1, -0.05) is 34.6 Å². The first kappa shape index (κ1) is 26.0. The zero-order valence-electron chi connectivity index (χ0n) is 20.2. The molecule has 0 unspecified atom stereocenters. The van der Waals surface area contributed by atoms with Gasteiger partial charge in [-0.15, -0.1) is 0 Å². The molecule has 0 amide bonds. The molecule has 0 aliphatic rings. The number of hydrogen-bond acceptors (Lipinski definition) is 7. The first-order chi connectivity index (χ1) is 16.4. The summed E-state index contributed by atoms with van der Waals surface area (Å²) in [5.74, 6) is -2.05. The number of carboxylic acid groups (broad SMARTS) is 1. The Hall–Kier alpha value is -3.59. The van der Waals surface area contributed by atoms with Crippen LogP contribution in [0, 0.1) is 0 Å². The Morgan fingerprint density at radius 1 is 0.971 bits per heavy atom. The molecule has 0 radical (unpaired) electrons. The average Bonchev–Trinajstić information content (AvgIpc) is 3.26. The van der Waals surface area contributed by atoms with Crippen LogP contribution in [0.5, 0.6) is 11.5 Å². The van der Waals surface area contributed by atoms with Crippen molar-refractivity contribution >= 4 is 21.9 Å². The summed E-state index contributed by atoms with van der Waals surface area (Å²) in [5, 5.41) is 19.3. The van der Waals surface area contributed by atoms with E-state index >= 15 is 0 Å². The molecule has 9 heteroatoms. The summed E-state index contributed by atoms with van der Waals surface area (Å²) in [6.07, 6.45) is 2.01. The minimum atomic E-state index is -4.53. The molecule has 3 aromatic rings. The minimum absolute atomic E-state index is 0.0798. The lowest BCUT2D eigenvalue weighted by atomic mass is 9.89. The molecule has 0 aliphatic heterocycles. The van der Waals surface area contributed by atoms with Gasteiger partial charge < -0.3 is 18.8 Å². The summed E-state index contributed by atoms with van der Waals surface area (Å²) in [6.45, 7) is 9.28. The smallest absolute Gasteiger partial charge is 0.342 e. The molecular formula is C26H28O8S. The Bertz CT molecular complexity index is 1350. The van der Waals surface area contributed by atoms with E-state index in [0.29, 0.717) is 34.4 Å². The molecule has 186 valence electrons. The Kier molecular flexibility index (Phi) is 7.40. The van der Waals surface area contributed by atoms with E-state index in [-0.39, 0.29) is 28.9 Å². The van der Waals surface area contributed by atoms with Crippen molar-refractivity contribution in [3.63, 3.8) is 0 Å². The van der Waals surface area contributed by atoms with Gasteiger partial charge in [0.15, 0.2) is 5.78 Å². The Morgan fingerprint density at radius 2 is 1.57 bits per heavy atom. The maximum absolute atomic E-state index is 13.3. The van der Waals surface area contributed by atoms with Crippen LogP contribution in [0.4, 0.5) is 0 Å². The Labute approximate surface area is 204 Å². The van der Waals surface area contributed by atoms with Crippen LogP contribution in [0.15, 0.2) is 52.0 Å². The summed E-state index contributed by atoms with van der Waals surface area (Å²) in [4.78, 5) is 23.9. The Morgan fingerprint density at radius 3 is 2.06 bits per heavy atom. The van der Waals surface area contributed by atoms with E-state index in [4.69, 9.17) is 13.7 Å². The van der Waals surface area contributed by atoms with Gasteiger partial charge in [-0.05, 0) is 59.4 Å². The number of carbonyl (C=O) groups excluding carboxylic acids is 1. The number of ketones is 1. The van der Waals surface area contributed by atoms with Gasteiger partial charge in [-0.25, -0.2) is 4.79 Å². The molecule has 1 aromatic heterocycles. The van der Waals surface area contributed by atoms with Gasteiger partial charge in [0.2, 0.25) is 0 Å². The van der Waals surface area contributed by atoms with E-state index in [1.807, 2.05) is 34.6 Å². The molecule has 0 saturated heterocycles. The quantitative estimate of drug-likeness (QED) is 0.291. The van der Waals surface area contributed by atoms with Gasteiger partial charge in [0.05, 0.1) is 17.4 Å². The molecule has 0 saturated carbocycles. The highest BCUT2D eigenvalue weighted by molar-refractivity contribution is 7.87. The predicted molar refractivity (Wildman–Crippen MR) is 129 cm³/mol. The fourth-order valence-corrected chi connectivity index (χ4v) is 4.80. The van der Waals surface area contributed by atoms with Crippen molar-refractivity contribution in [3.8, 4) is 11.5 Å². The monoisotopic (exact) mass is 500 g/mol. The third-order valence-electron chi connectivity index (χ3n) is 5.63. The number of aromatic hydroxyl groups is 1. The molecule has 8 nitrogen and oxygen atoms in total. The number of carboxylic acids is 1. The van der Waals surface area contributed by atoms with E-state index < -0.39 is 26.7 Å². The molecule has 0 atom stereocenters.